The summed E-state index contributed by atoms with van der Waals surface area (Å²) in [6.07, 6.45) is 0. The van der Waals surface area contributed by atoms with Gasteiger partial charge in [-0.05, 0) is 57.1 Å². The molecule has 5 heteroatoms. The number of hydrogen-bond donors (Lipinski definition) is 0. The molecule has 57 heavy (non-hydrogen) atoms. The van der Waals surface area contributed by atoms with Crippen LogP contribution in [-0.4, -0.2) is 15.0 Å². The van der Waals surface area contributed by atoms with Gasteiger partial charge in [0, 0.05) is 38.6 Å². The molecule has 0 amide bonds. The van der Waals surface area contributed by atoms with Gasteiger partial charge >= 0.3 is 0 Å². The first-order chi connectivity index (χ1) is 28.2. The summed E-state index contributed by atoms with van der Waals surface area (Å²) in [5.41, 5.74) is 14.5. The summed E-state index contributed by atoms with van der Waals surface area (Å²) >= 11 is 0. The molecule has 5 nitrogen and oxygen atoms in total. The van der Waals surface area contributed by atoms with E-state index >= 15 is 0 Å². The number of ether oxygens (including phenoxy) is 1. The van der Waals surface area contributed by atoms with Crippen LogP contribution in [0.2, 0.25) is 0 Å². The minimum absolute atomic E-state index is 0.573. The van der Waals surface area contributed by atoms with Crippen molar-refractivity contribution in [2.45, 2.75) is 6.61 Å². The number of nitrogens with zero attached hydrogens (tertiary/aromatic N) is 3. The Bertz CT molecular complexity index is 3110. The van der Waals surface area contributed by atoms with Gasteiger partial charge in [-0.3, -0.25) is 0 Å². The molecule has 0 fully saturated rings. The fourth-order valence-corrected chi connectivity index (χ4v) is 8.02. The summed E-state index contributed by atoms with van der Waals surface area (Å²) in [4.78, 5) is 15.3. The molecule has 8 aromatic carbocycles. The van der Waals surface area contributed by atoms with Gasteiger partial charge in [-0.1, -0.05) is 170 Å². The minimum atomic E-state index is 0.573. The van der Waals surface area contributed by atoms with Gasteiger partial charge in [0.2, 0.25) is 0 Å². The fourth-order valence-electron chi connectivity index (χ4n) is 8.02. The van der Waals surface area contributed by atoms with Crippen LogP contribution < -0.4 is 4.74 Å². The summed E-state index contributed by atoms with van der Waals surface area (Å²) in [7, 11) is 0. The first-order valence-electron chi connectivity index (χ1n) is 19.1. The summed E-state index contributed by atoms with van der Waals surface area (Å²) in [5.74, 6) is 2.70. The average Bonchev–Trinajstić information content (AvgIpc) is 3.68. The molecule has 2 aromatic heterocycles. The predicted molar refractivity (Wildman–Crippen MR) is 229 cm³/mol. The third kappa shape index (κ3) is 5.85. The second-order valence-electron chi connectivity index (χ2n) is 14.3. The molecule has 0 spiro atoms. The summed E-state index contributed by atoms with van der Waals surface area (Å²) in [6, 6.07) is 64.9. The highest BCUT2D eigenvalue weighted by atomic mass is 16.5. The molecule has 0 radical (unpaired) electrons. The molecular weight excluding hydrogens is 699 g/mol. The Hall–Kier alpha value is -7.63. The van der Waals surface area contributed by atoms with E-state index in [9.17, 15) is 0 Å². The van der Waals surface area contributed by atoms with Gasteiger partial charge < -0.3 is 9.15 Å². The zero-order valence-electron chi connectivity index (χ0n) is 30.8. The van der Waals surface area contributed by atoms with Gasteiger partial charge in [-0.2, -0.15) is 0 Å². The predicted octanol–water partition coefficient (Wildman–Crippen LogP) is 13.3. The average molecular weight is 732 g/mol. The second-order valence-corrected chi connectivity index (χ2v) is 14.3. The van der Waals surface area contributed by atoms with Gasteiger partial charge in [-0.15, -0.1) is 0 Å². The highest BCUT2D eigenvalue weighted by Crippen LogP contribution is 2.44. The normalized spacial score (nSPS) is 11.9. The van der Waals surface area contributed by atoms with Crippen LogP contribution in [0.15, 0.2) is 192 Å². The van der Waals surface area contributed by atoms with E-state index in [2.05, 4.69) is 164 Å². The van der Waals surface area contributed by atoms with Crippen LogP contribution in [0.5, 0.6) is 5.75 Å². The zero-order chi connectivity index (χ0) is 37.7. The molecule has 1 aliphatic rings. The van der Waals surface area contributed by atoms with Crippen LogP contribution in [0.25, 0.3) is 101 Å². The summed E-state index contributed by atoms with van der Waals surface area (Å²) in [6.45, 7) is 0.573. The second kappa shape index (κ2) is 13.6. The first kappa shape index (κ1) is 32.8. The van der Waals surface area contributed by atoms with Gasteiger partial charge in [0.15, 0.2) is 17.5 Å². The van der Waals surface area contributed by atoms with Crippen LogP contribution in [0.3, 0.4) is 0 Å². The number of aromatic nitrogens is 3. The molecule has 3 heterocycles. The van der Waals surface area contributed by atoms with E-state index in [-0.39, 0.29) is 0 Å². The first-order valence-corrected chi connectivity index (χ1v) is 19.1. The lowest BCUT2D eigenvalue weighted by Crippen LogP contribution is -2.06. The van der Waals surface area contributed by atoms with Crippen molar-refractivity contribution in [3.8, 4) is 84.4 Å². The Labute approximate surface area is 329 Å². The third-order valence-corrected chi connectivity index (χ3v) is 10.9. The van der Waals surface area contributed by atoms with Crippen LogP contribution in [0.1, 0.15) is 5.56 Å². The third-order valence-electron chi connectivity index (χ3n) is 10.9. The maximum Gasteiger partial charge on any atom is 0.164 e. The Morgan fingerprint density at radius 3 is 1.72 bits per heavy atom. The van der Waals surface area contributed by atoms with E-state index in [0.29, 0.717) is 24.1 Å². The van der Waals surface area contributed by atoms with E-state index in [0.717, 1.165) is 83.3 Å². The lowest BCUT2D eigenvalue weighted by Gasteiger charge is -2.23. The molecule has 268 valence electrons. The highest BCUT2D eigenvalue weighted by molar-refractivity contribution is 6.09. The molecule has 0 N–H and O–H groups in total. The van der Waals surface area contributed by atoms with Gasteiger partial charge in [0.25, 0.3) is 0 Å². The molecule has 0 saturated heterocycles. The number of rotatable bonds is 6. The van der Waals surface area contributed by atoms with E-state index < -0.39 is 0 Å². The van der Waals surface area contributed by atoms with E-state index in [4.69, 9.17) is 24.1 Å². The Balaban J connectivity index is 1.02. The number of para-hydroxylation sites is 2. The van der Waals surface area contributed by atoms with E-state index in [1.54, 1.807) is 0 Å². The SMILES string of the molecule is c1ccc(-c2ccc(-c3nc(-c4ccc(-c5cccc6c5-c5ccccc5CO6)cc4)nc(-c4cccc(-c5cccc6c5oc5ccccc56)c4)n3)cc2)cc1. The Morgan fingerprint density at radius 1 is 0.368 bits per heavy atom. The molecule has 11 rings (SSSR count). The minimum Gasteiger partial charge on any atom is -0.488 e. The molecule has 10 aromatic rings. The van der Waals surface area contributed by atoms with Crippen molar-refractivity contribution in [3.63, 3.8) is 0 Å². The molecule has 0 atom stereocenters. The largest absolute Gasteiger partial charge is 0.488 e. The smallest absolute Gasteiger partial charge is 0.164 e. The Kier molecular flexibility index (Phi) is 7.81. The topological polar surface area (TPSA) is 61.0 Å². The van der Waals surface area contributed by atoms with Crippen LogP contribution in [-0.2, 0) is 6.61 Å². The van der Waals surface area contributed by atoms with Crippen LogP contribution in [0.4, 0.5) is 0 Å². The lowest BCUT2D eigenvalue weighted by atomic mass is 9.89. The van der Waals surface area contributed by atoms with Gasteiger partial charge in [-0.25, -0.2) is 15.0 Å². The van der Waals surface area contributed by atoms with Crippen LogP contribution in [0, 0.1) is 0 Å². The van der Waals surface area contributed by atoms with Crippen molar-refractivity contribution in [2.24, 2.45) is 0 Å². The quantitative estimate of drug-likeness (QED) is 0.170. The van der Waals surface area contributed by atoms with Crippen molar-refractivity contribution in [2.75, 3.05) is 0 Å². The van der Waals surface area contributed by atoms with Crippen molar-refractivity contribution in [1.82, 2.24) is 15.0 Å². The lowest BCUT2D eigenvalue weighted by molar-refractivity contribution is 0.302. The molecule has 0 bridgehead atoms. The number of furan rings is 1. The monoisotopic (exact) mass is 731 g/mol. The zero-order valence-corrected chi connectivity index (χ0v) is 30.8. The summed E-state index contributed by atoms with van der Waals surface area (Å²) in [5, 5.41) is 2.19. The summed E-state index contributed by atoms with van der Waals surface area (Å²) < 4.78 is 12.6. The number of hydrogen-bond acceptors (Lipinski definition) is 5. The number of fused-ring (bicyclic) bond motifs is 6. The number of benzene rings is 8. The highest BCUT2D eigenvalue weighted by Gasteiger charge is 2.21. The van der Waals surface area contributed by atoms with E-state index in [1.165, 1.54) is 11.1 Å². The Morgan fingerprint density at radius 2 is 0.912 bits per heavy atom. The van der Waals surface area contributed by atoms with Crippen LogP contribution >= 0.6 is 0 Å². The fraction of sp³-hybridized carbons (Fsp3) is 0.0192. The molecular formula is C52H33N3O2. The van der Waals surface area contributed by atoms with Crippen molar-refractivity contribution in [1.29, 1.82) is 0 Å². The molecule has 0 unspecified atom stereocenters. The van der Waals surface area contributed by atoms with E-state index in [1.807, 2.05) is 24.3 Å². The van der Waals surface area contributed by atoms with Gasteiger partial charge in [0.05, 0.1) is 0 Å². The van der Waals surface area contributed by atoms with Gasteiger partial charge in [0.1, 0.15) is 23.5 Å². The standard InChI is InChI=1S/C52H33N3O2/c1-2-11-33(12-3-1)34-23-27-36(28-24-34)50-53-51(37-29-25-35(26-30-37)41-18-10-22-47-48(41)42-16-5-4-13-40(42)32-56-47)55-52(54-50)39-15-8-14-38(31-39)43-19-9-20-45-44-17-6-7-21-46(44)57-49(43)45/h1-31H,32H2. The molecule has 0 saturated carbocycles. The molecule has 0 aliphatic carbocycles. The van der Waals surface area contributed by atoms with Crippen molar-refractivity contribution < 1.29 is 9.15 Å². The van der Waals surface area contributed by atoms with Crippen molar-refractivity contribution >= 4 is 21.9 Å². The maximum absolute atomic E-state index is 6.42. The van der Waals surface area contributed by atoms with Crippen molar-refractivity contribution in [3.05, 3.63) is 194 Å². The maximum atomic E-state index is 6.42. The molecule has 1 aliphatic heterocycles.